The zero-order valence-corrected chi connectivity index (χ0v) is 10.4. The second kappa shape index (κ2) is 7.81. The number of nitrogens with zero attached hydrogens (tertiary/aromatic N) is 2. The van der Waals surface area contributed by atoms with Crippen LogP contribution in [0.25, 0.3) is 0 Å². The molecule has 6 nitrogen and oxygen atoms in total. The molecule has 96 valence electrons. The van der Waals surface area contributed by atoms with Gasteiger partial charge in [-0.1, -0.05) is 0 Å². The van der Waals surface area contributed by atoms with Crippen LogP contribution in [0, 0.1) is 0 Å². The molecule has 1 aromatic heterocycles. The molecule has 6 heteroatoms. The molecule has 0 aromatic carbocycles. The summed E-state index contributed by atoms with van der Waals surface area (Å²) < 4.78 is 6.67. The number of hydrogen-bond acceptors (Lipinski definition) is 4. The lowest BCUT2D eigenvalue weighted by molar-refractivity contribution is -0.120. The Morgan fingerprint density at radius 3 is 3.06 bits per heavy atom. The van der Waals surface area contributed by atoms with E-state index in [0.29, 0.717) is 26.2 Å². The quantitative estimate of drug-likeness (QED) is 0.610. The predicted molar refractivity (Wildman–Crippen MR) is 64.4 cm³/mol. The van der Waals surface area contributed by atoms with Crippen LogP contribution in [0.1, 0.15) is 12.1 Å². The fourth-order valence-corrected chi connectivity index (χ4v) is 1.39. The largest absolute Gasteiger partial charge is 0.385 e. The summed E-state index contributed by atoms with van der Waals surface area (Å²) in [7, 11) is 3.53. The fourth-order valence-electron chi connectivity index (χ4n) is 1.39. The third-order valence-corrected chi connectivity index (χ3v) is 2.36. The molecule has 1 amide bonds. The van der Waals surface area contributed by atoms with Crippen molar-refractivity contribution in [3.8, 4) is 0 Å². The monoisotopic (exact) mass is 240 g/mol. The Morgan fingerprint density at radius 1 is 1.59 bits per heavy atom. The summed E-state index contributed by atoms with van der Waals surface area (Å²) in [6, 6.07) is 1.92. The van der Waals surface area contributed by atoms with E-state index in [2.05, 4.69) is 15.7 Å². The van der Waals surface area contributed by atoms with Crippen molar-refractivity contribution >= 4 is 5.91 Å². The summed E-state index contributed by atoms with van der Waals surface area (Å²) in [6.45, 7) is 2.28. The standard InChI is InChI=1S/C11H20N4O2/c1-15-10(4-6-14-15)8-12-9-11(16)13-5-3-7-17-2/h4,6,12H,3,5,7-9H2,1-2H3,(H,13,16). The van der Waals surface area contributed by atoms with E-state index in [4.69, 9.17) is 4.74 Å². The highest BCUT2D eigenvalue weighted by atomic mass is 16.5. The van der Waals surface area contributed by atoms with E-state index >= 15 is 0 Å². The number of ether oxygens (including phenoxy) is 1. The summed E-state index contributed by atoms with van der Waals surface area (Å²) in [4.78, 5) is 11.4. The van der Waals surface area contributed by atoms with Gasteiger partial charge in [-0.3, -0.25) is 9.48 Å². The molecule has 0 aliphatic rings. The van der Waals surface area contributed by atoms with Gasteiger partial charge < -0.3 is 15.4 Å². The third-order valence-electron chi connectivity index (χ3n) is 2.36. The highest BCUT2D eigenvalue weighted by Gasteiger charge is 2.01. The van der Waals surface area contributed by atoms with Gasteiger partial charge in [-0.15, -0.1) is 0 Å². The Kier molecular flexibility index (Phi) is 6.27. The fraction of sp³-hybridized carbons (Fsp3) is 0.636. The lowest BCUT2D eigenvalue weighted by Gasteiger charge is -2.06. The molecule has 0 atom stereocenters. The number of rotatable bonds is 8. The van der Waals surface area contributed by atoms with Crippen molar-refractivity contribution in [3.63, 3.8) is 0 Å². The van der Waals surface area contributed by atoms with E-state index in [0.717, 1.165) is 12.1 Å². The number of nitrogens with one attached hydrogen (secondary N) is 2. The van der Waals surface area contributed by atoms with Crippen molar-refractivity contribution in [2.75, 3.05) is 26.8 Å². The summed E-state index contributed by atoms with van der Waals surface area (Å²) in [6.07, 6.45) is 2.58. The Labute approximate surface area is 101 Å². The van der Waals surface area contributed by atoms with Crippen LogP contribution >= 0.6 is 0 Å². The molecule has 0 radical (unpaired) electrons. The number of methoxy groups -OCH3 is 1. The van der Waals surface area contributed by atoms with Gasteiger partial charge in [0.2, 0.25) is 5.91 Å². The van der Waals surface area contributed by atoms with Crippen molar-refractivity contribution in [3.05, 3.63) is 18.0 Å². The summed E-state index contributed by atoms with van der Waals surface area (Å²) in [5, 5.41) is 9.92. The Morgan fingerprint density at radius 2 is 2.41 bits per heavy atom. The minimum atomic E-state index is 0.00303. The molecule has 0 spiro atoms. The van der Waals surface area contributed by atoms with Crippen molar-refractivity contribution < 1.29 is 9.53 Å². The molecule has 17 heavy (non-hydrogen) atoms. The van der Waals surface area contributed by atoms with Crippen molar-refractivity contribution in [2.45, 2.75) is 13.0 Å². The van der Waals surface area contributed by atoms with E-state index in [1.54, 1.807) is 18.0 Å². The topological polar surface area (TPSA) is 68.2 Å². The number of carbonyl (C=O) groups is 1. The molecule has 0 aliphatic carbocycles. The molecular weight excluding hydrogens is 220 g/mol. The van der Waals surface area contributed by atoms with Crippen LogP contribution < -0.4 is 10.6 Å². The summed E-state index contributed by atoms with van der Waals surface area (Å²) in [5.41, 5.74) is 1.05. The zero-order chi connectivity index (χ0) is 12.5. The van der Waals surface area contributed by atoms with Crippen LogP contribution in [0.15, 0.2) is 12.3 Å². The first kappa shape index (κ1) is 13.7. The molecule has 0 saturated heterocycles. The Bertz CT molecular complexity index is 338. The smallest absolute Gasteiger partial charge is 0.233 e. The average Bonchev–Trinajstić information content (AvgIpc) is 2.71. The van der Waals surface area contributed by atoms with Gasteiger partial charge in [-0.2, -0.15) is 5.10 Å². The van der Waals surface area contributed by atoms with E-state index in [-0.39, 0.29) is 5.91 Å². The van der Waals surface area contributed by atoms with Crippen LogP contribution in [-0.4, -0.2) is 42.5 Å². The maximum absolute atomic E-state index is 11.4. The molecule has 0 bridgehead atoms. The van der Waals surface area contributed by atoms with Crippen LogP contribution in [0.5, 0.6) is 0 Å². The molecule has 0 saturated carbocycles. The number of aromatic nitrogens is 2. The van der Waals surface area contributed by atoms with E-state index in [9.17, 15) is 4.79 Å². The first-order valence-electron chi connectivity index (χ1n) is 5.67. The van der Waals surface area contributed by atoms with E-state index in [1.165, 1.54) is 0 Å². The van der Waals surface area contributed by atoms with Crippen LogP contribution in [0.2, 0.25) is 0 Å². The normalized spacial score (nSPS) is 10.5. The summed E-state index contributed by atoms with van der Waals surface area (Å²) >= 11 is 0. The molecule has 2 N–H and O–H groups in total. The molecule has 0 unspecified atom stereocenters. The molecule has 0 aliphatic heterocycles. The van der Waals surface area contributed by atoms with Gasteiger partial charge in [0.1, 0.15) is 0 Å². The van der Waals surface area contributed by atoms with Crippen LogP contribution in [0.3, 0.4) is 0 Å². The first-order chi connectivity index (χ1) is 8.24. The van der Waals surface area contributed by atoms with Gasteiger partial charge in [0.25, 0.3) is 0 Å². The number of hydrogen-bond donors (Lipinski definition) is 2. The number of amides is 1. The number of carbonyl (C=O) groups excluding carboxylic acids is 1. The maximum Gasteiger partial charge on any atom is 0.233 e. The lowest BCUT2D eigenvalue weighted by Crippen LogP contribution is -2.34. The van der Waals surface area contributed by atoms with Crippen LogP contribution in [0.4, 0.5) is 0 Å². The second-order valence-corrected chi connectivity index (χ2v) is 3.75. The van der Waals surface area contributed by atoms with Gasteiger partial charge in [-0.05, 0) is 12.5 Å². The highest BCUT2D eigenvalue weighted by molar-refractivity contribution is 5.77. The molecule has 1 heterocycles. The van der Waals surface area contributed by atoms with Gasteiger partial charge >= 0.3 is 0 Å². The zero-order valence-electron chi connectivity index (χ0n) is 10.4. The first-order valence-corrected chi connectivity index (χ1v) is 5.67. The van der Waals surface area contributed by atoms with Gasteiger partial charge in [0, 0.05) is 40.1 Å². The molecule has 0 fully saturated rings. The molecular formula is C11H20N4O2. The van der Waals surface area contributed by atoms with E-state index < -0.39 is 0 Å². The van der Waals surface area contributed by atoms with Crippen molar-refractivity contribution in [1.82, 2.24) is 20.4 Å². The minimum Gasteiger partial charge on any atom is -0.385 e. The Hall–Kier alpha value is -1.40. The SMILES string of the molecule is COCCCNC(=O)CNCc1ccnn1C. The molecule has 1 aromatic rings. The maximum atomic E-state index is 11.4. The van der Waals surface area contributed by atoms with Gasteiger partial charge in [0.05, 0.1) is 12.2 Å². The minimum absolute atomic E-state index is 0.00303. The second-order valence-electron chi connectivity index (χ2n) is 3.75. The van der Waals surface area contributed by atoms with Gasteiger partial charge in [0.15, 0.2) is 0 Å². The van der Waals surface area contributed by atoms with Gasteiger partial charge in [-0.25, -0.2) is 0 Å². The Balaban J connectivity index is 2.06. The third kappa shape index (κ3) is 5.46. The van der Waals surface area contributed by atoms with E-state index in [1.807, 2.05) is 13.1 Å². The average molecular weight is 240 g/mol. The summed E-state index contributed by atoms with van der Waals surface area (Å²) in [5.74, 6) is 0.00303. The highest BCUT2D eigenvalue weighted by Crippen LogP contribution is 1.94. The molecule has 1 rings (SSSR count). The lowest BCUT2D eigenvalue weighted by atomic mass is 10.4. The van der Waals surface area contributed by atoms with Crippen molar-refractivity contribution in [2.24, 2.45) is 7.05 Å². The van der Waals surface area contributed by atoms with Crippen LogP contribution in [-0.2, 0) is 23.1 Å². The number of aryl methyl sites for hydroxylation is 1. The predicted octanol–water partition coefficient (Wildman–Crippen LogP) is -0.338. The van der Waals surface area contributed by atoms with Crippen molar-refractivity contribution in [1.29, 1.82) is 0 Å².